The molecule has 1 saturated carbocycles. The number of nitrogens with zero attached hydrogens (tertiary/aromatic N) is 2. The lowest BCUT2D eigenvalue weighted by molar-refractivity contribution is -0.138. The second kappa shape index (κ2) is 8.24. The van der Waals surface area contributed by atoms with Crippen LogP contribution in [0.2, 0.25) is 0 Å². The molecular weight excluding hydrogens is 391 g/mol. The standard InChI is InChI=1S/C22H25FN2O3S/c23-19-6-10-21(11-7-19)29(27,28)24-14-12-18(13-15-24)22(26)25(20-8-9-20)16-17-4-2-1-3-5-17/h1-7,10-11,18,20H,8-9,12-16H2. The zero-order valence-corrected chi connectivity index (χ0v) is 17.0. The minimum Gasteiger partial charge on any atom is -0.335 e. The monoisotopic (exact) mass is 416 g/mol. The smallest absolute Gasteiger partial charge is 0.243 e. The van der Waals surface area contributed by atoms with E-state index in [1.165, 1.54) is 16.4 Å². The number of halogens is 1. The molecule has 2 aliphatic rings. The van der Waals surface area contributed by atoms with Crippen molar-refractivity contribution in [3.8, 4) is 0 Å². The van der Waals surface area contributed by atoms with Gasteiger partial charge in [-0.2, -0.15) is 4.31 Å². The number of benzene rings is 2. The number of amides is 1. The first-order valence-corrected chi connectivity index (χ1v) is 11.5. The van der Waals surface area contributed by atoms with Crippen LogP contribution < -0.4 is 0 Å². The van der Waals surface area contributed by atoms with E-state index in [0.717, 1.165) is 30.5 Å². The van der Waals surface area contributed by atoms with Crippen LogP contribution in [-0.2, 0) is 21.4 Å². The Bertz CT molecular complexity index is 951. The lowest BCUT2D eigenvalue weighted by Crippen LogP contribution is -2.44. The van der Waals surface area contributed by atoms with Crippen molar-refractivity contribution in [1.29, 1.82) is 0 Å². The lowest BCUT2D eigenvalue weighted by atomic mass is 9.96. The highest BCUT2D eigenvalue weighted by molar-refractivity contribution is 7.89. The van der Waals surface area contributed by atoms with Gasteiger partial charge in [0.05, 0.1) is 4.90 Å². The maximum absolute atomic E-state index is 13.2. The Hall–Kier alpha value is -2.25. The van der Waals surface area contributed by atoms with Crippen LogP contribution in [0.5, 0.6) is 0 Å². The summed E-state index contributed by atoms with van der Waals surface area (Å²) in [5.74, 6) is -0.485. The van der Waals surface area contributed by atoms with Gasteiger partial charge in [0.1, 0.15) is 5.82 Å². The topological polar surface area (TPSA) is 57.7 Å². The van der Waals surface area contributed by atoms with Gasteiger partial charge in [-0.3, -0.25) is 4.79 Å². The fourth-order valence-electron chi connectivity index (χ4n) is 3.89. The van der Waals surface area contributed by atoms with Crippen molar-refractivity contribution < 1.29 is 17.6 Å². The fourth-order valence-corrected chi connectivity index (χ4v) is 5.36. The predicted octanol–water partition coefficient (Wildman–Crippen LogP) is 3.42. The largest absolute Gasteiger partial charge is 0.335 e. The van der Waals surface area contributed by atoms with E-state index in [2.05, 4.69) is 0 Å². The molecule has 1 amide bonds. The van der Waals surface area contributed by atoms with Crippen molar-refractivity contribution >= 4 is 15.9 Å². The van der Waals surface area contributed by atoms with Gasteiger partial charge in [0.25, 0.3) is 0 Å². The average molecular weight is 417 g/mol. The van der Waals surface area contributed by atoms with Crippen molar-refractivity contribution in [2.75, 3.05) is 13.1 Å². The Morgan fingerprint density at radius 2 is 1.59 bits per heavy atom. The maximum Gasteiger partial charge on any atom is 0.243 e. The SMILES string of the molecule is O=C(C1CCN(S(=O)(=O)c2ccc(F)cc2)CC1)N(Cc1ccccc1)C1CC1. The Balaban J connectivity index is 1.40. The number of rotatable bonds is 6. The van der Waals surface area contributed by atoms with E-state index >= 15 is 0 Å². The minimum atomic E-state index is -3.66. The van der Waals surface area contributed by atoms with Gasteiger partial charge in [-0.1, -0.05) is 30.3 Å². The summed E-state index contributed by atoms with van der Waals surface area (Å²) in [7, 11) is -3.66. The molecule has 0 radical (unpaired) electrons. The van der Waals surface area contributed by atoms with Crippen LogP contribution in [0.15, 0.2) is 59.5 Å². The van der Waals surface area contributed by atoms with Gasteiger partial charge in [0.2, 0.25) is 15.9 Å². The molecule has 0 N–H and O–H groups in total. The van der Waals surface area contributed by atoms with Crippen LogP contribution in [0.1, 0.15) is 31.2 Å². The lowest BCUT2D eigenvalue weighted by Gasteiger charge is -2.34. The molecule has 5 nitrogen and oxygen atoms in total. The first-order valence-electron chi connectivity index (χ1n) is 10.1. The molecular formula is C22H25FN2O3S. The van der Waals surface area contributed by atoms with E-state index in [-0.39, 0.29) is 16.7 Å². The van der Waals surface area contributed by atoms with Crippen LogP contribution in [0.4, 0.5) is 4.39 Å². The van der Waals surface area contributed by atoms with Crippen molar-refractivity contribution in [2.45, 2.75) is 43.2 Å². The van der Waals surface area contributed by atoms with Crippen LogP contribution >= 0.6 is 0 Å². The van der Waals surface area contributed by atoms with E-state index in [9.17, 15) is 17.6 Å². The third kappa shape index (κ3) is 4.51. The summed E-state index contributed by atoms with van der Waals surface area (Å²) in [5.41, 5.74) is 1.11. The molecule has 0 bridgehead atoms. The van der Waals surface area contributed by atoms with Crippen molar-refractivity contribution in [2.24, 2.45) is 5.92 Å². The quantitative estimate of drug-likeness (QED) is 0.725. The molecule has 154 valence electrons. The Kier molecular flexibility index (Phi) is 5.69. The van der Waals surface area contributed by atoms with Gasteiger partial charge >= 0.3 is 0 Å². The highest BCUT2D eigenvalue weighted by atomic mass is 32.2. The van der Waals surface area contributed by atoms with Gasteiger partial charge in [-0.25, -0.2) is 12.8 Å². The van der Waals surface area contributed by atoms with Crippen molar-refractivity contribution in [3.63, 3.8) is 0 Å². The molecule has 2 aromatic rings. The first kappa shape index (κ1) is 20.0. The van der Waals surface area contributed by atoms with Crippen LogP contribution in [0.3, 0.4) is 0 Å². The molecule has 2 aromatic carbocycles. The van der Waals surface area contributed by atoms with Crippen LogP contribution in [0.25, 0.3) is 0 Å². The number of sulfonamides is 1. The highest BCUT2D eigenvalue weighted by Crippen LogP contribution is 2.32. The predicted molar refractivity (Wildman–Crippen MR) is 108 cm³/mol. The molecule has 0 atom stereocenters. The second-order valence-electron chi connectivity index (χ2n) is 7.82. The summed E-state index contributed by atoms with van der Waals surface area (Å²) < 4.78 is 40.1. The first-order chi connectivity index (χ1) is 13.9. The number of carbonyl (C=O) groups excluding carboxylic acids is 1. The third-order valence-electron chi connectivity index (χ3n) is 5.72. The zero-order chi connectivity index (χ0) is 20.4. The molecule has 1 heterocycles. The molecule has 29 heavy (non-hydrogen) atoms. The van der Waals surface area contributed by atoms with Gasteiger partial charge in [-0.05, 0) is 55.5 Å². The van der Waals surface area contributed by atoms with Crippen molar-refractivity contribution in [3.05, 3.63) is 66.0 Å². The molecule has 1 aliphatic heterocycles. The molecule has 7 heteroatoms. The Labute approximate surface area is 171 Å². The van der Waals surface area contributed by atoms with E-state index < -0.39 is 15.8 Å². The summed E-state index contributed by atoms with van der Waals surface area (Å²) in [4.78, 5) is 15.2. The fraction of sp³-hybridized carbons (Fsp3) is 0.409. The van der Waals surface area contributed by atoms with E-state index in [1.54, 1.807) is 0 Å². The Morgan fingerprint density at radius 1 is 0.966 bits per heavy atom. The molecule has 1 saturated heterocycles. The third-order valence-corrected chi connectivity index (χ3v) is 7.63. The van der Waals surface area contributed by atoms with E-state index in [4.69, 9.17) is 0 Å². The second-order valence-corrected chi connectivity index (χ2v) is 9.75. The summed E-state index contributed by atoms with van der Waals surface area (Å²) in [5, 5.41) is 0. The number of hydrogen-bond donors (Lipinski definition) is 0. The highest BCUT2D eigenvalue weighted by Gasteiger charge is 2.38. The minimum absolute atomic E-state index is 0.0901. The zero-order valence-electron chi connectivity index (χ0n) is 16.2. The van der Waals surface area contributed by atoms with Gasteiger partial charge in [0.15, 0.2) is 0 Å². The maximum atomic E-state index is 13.2. The van der Waals surface area contributed by atoms with Crippen LogP contribution in [-0.4, -0.2) is 42.7 Å². The summed E-state index contributed by atoms with van der Waals surface area (Å²) in [6.45, 7) is 1.22. The summed E-state index contributed by atoms with van der Waals surface area (Å²) in [6, 6.07) is 15.2. The number of hydrogen-bond acceptors (Lipinski definition) is 3. The summed E-state index contributed by atoms with van der Waals surface area (Å²) in [6.07, 6.45) is 3.10. The van der Waals surface area contributed by atoms with Gasteiger partial charge in [0, 0.05) is 31.6 Å². The van der Waals surface area contributed by atoms with Crippen LogP contribution in [0, 0.1) is 11.7 Å². The normalized spacial score (nSPS) is 18.5. The average Bonchev–Trinajstić information content (AvgIpc) is 3.58. The van der Waals surface area contributed by atoms with Gasteiger partial charge in [-0.15, -0.1) is 0 Å². The van der Waals surface area contributed by atoms with E-state index in [1.807, 2.05) is 35.2 Å². The Morgan fingerprint density at radius 3 is 2.17 bits per heavy atom. The molecule has 4 rings (SSSR count). The molecule has 0 aromatic heterocycles. The molecule has 0 spiro atoms. The van der Waals surface area contributed by atoms with Crippen molar-refractivity contribution in [1.82, 2.24) is 9.21 Å². The van der Waals surface area contributed by atoms with E-state index in [0.29, 0.717) is 38.5 Å². The molecule has 2 fully saturated rings. The molecule has 0 unspecified atom stereocenters. The number of piperidine rings is 1. The number of carbonyl (C=O) groups is 1. The molecule has 1 aliphatic carbocycles. The summed E-state index contributed by atoms with van der Waals surface area (Å²) >= 11 is 0. The van der Waals surface area contributed by atoms with Gasteiger partial charge < -0.3 is 4.90 Å².